The molecule has 2 aliphatic rings. The van der Waals surface area contributed by atoms with Gasteiger partial charge in [-0.1, -0.05) is 0 Å². The Hall–Kier alpha value is -0.270. The number of amides is 1. The molecule has 104 valence electrons. The first-order valence-corrected chi connectivity index (χ1v) is 9.26. The summed E-state index contributed by atoms with van der Waals surface area (Å²) < 4.78 is 22.8. The van der Waals surface area contributed by atoms with Gasteiger partial charge in [-0.3, -0.25) is 9.63 Å². The zero-order chi connectivity index (χ0) is 13.0. The van der Waals surface area contributed by atoms with E-state index in [2.05, 4.69) is 0 Å². The van der Waals surface area contributed by atoms with Crippen molar-refractivity contribution in [3.05, 3.63) is 0 Å². The van der Waals surface area contributed by atoms with Crippen LogP contribution in [0.2, 0.25) is 0 Å². The molecule has 0 aromatic carbocycles. The van der Waals surface area contributed by atoms with Crippen molar-refractivity contribution < 1.29 is 18.0 Å². The molecule has 2 rings (SSSR count). The predicted octanol–water partition coefficient (Wildman–Crippen LogP) is 0.708. The van der Waals surface area contributed by atoms with Crippen LogP contribution >= 0.6 is 11.8 Å². The minimum absolute atomic E-state index is 0.0108. The van der Waals surface area contributed by atoms with Gasteiger partial charge in [-0.2, -0.15) is 11.8 Å². The van der Waals surface area contributed by atoms with Crippen LogP contribution in [0.4, 0.5) is 0 Å². The number of rotatable bonds is 2. The van der Waals surface area contributed by atoms with Crippen molar-refractivity contribution in [1.82, 2.24) is 5.06 Å². The molecule has 0 atom stereocenters. The zero-order valence-corrected chi connectivity index (χ0v) is 12.0. The molecule has 2 saturated heterocycles. The van der Waals surface area contributed by atoms with Crippen LogP contribution in [-0.4, -0.2) is 55.6 Å². The Kier molecular flexibility index (Phi) is 4.91. The van der Waals surface area contributed by atoms with Gasteiger partial charge < -0.3 is 0 Å². The Bertz CT molecular complexity index is 390. The molecule has 0 aromatic rings. The first-order chi connectivity index (χ1) is 8.57. The minimum Gasteiger partial charge on any atom is -0.273 e. The van der Waals surface area contributed by atoms with Crippen molar-refractivity contribution >= 4 is 27.5 Å². The first kappa shape index (κ1) is 14.1. The Morgan fingerprint density at radius 1 is 1.28 bits per heavy atom. The average molecular weight is 293 g/mol. The number of carbonyl (C=O) groups is 1. The lowest BCUT2D eigenvalue weighted by molar-refractivity contribution is -0.183. The largest absolute Gasteiger partial charge is 0.273 e. The van der Waals surface area contributed by atoms with Crippen molar-refractivity contribution in [1.29, 1.82) is 0 Å². The summed E-state index contributed by atoms with van der Waals surface area (Å²) in [7, 11) is -3.04. The highest BCUT2D eigenvalue weighted by atomic mass is 32.2. The van der Waals surface area contributed by atoms with Crippen LogP contribution in [-0.2, 0) is 19.5 Å². The molecule has 18 heavy (non-hydrogen) atoms. The van der Waals surface area contributed by atoms with Crippen molar-refractivity contribution in [2.75, 3.05) is 36.2 Å². The van der Waals surface area contributed by atoms with E-state index in [4.69, 9.17) is 4.84 Å². The monoisotopic (exact) mass is 293 g/mol. The van der Waals surface area contributed by atoms with Crippen LogP contribution in [0.15, 0.2) is 0 Å². The van der Waals surface area contributed by atoms with Gasteiger partial charge in [0.2, 0.25) is 5.91 Å². The van der Waals surface area contributed by atoms with E-state index in [-0.39, 0.29) is 30.6 Å². The second-order valence-electron chi connectivity index (χ2n) is 4.74. The van der Waals surface area contributed by atoms with Gasteiger partial charge in [0.1, 0.15) is 0 Å². The van der Waals surface area contributed by atoms with Gasteiger partial charge in [0.05, 0.1) is 24.7 Å². The highest BCUT2D eigenvalue weighted by molar-refractivity contribution is 7.99. The fraction of sp³-hybridized carbons (Fsp3) is 0.909. The number of hydrogen-bond acceptors (Lipinski definition) is 5. The van der Waals surface area contributed by atoms with Crippen molar-refractivity contribution in [2.24, 2.45) is 5.92 Å². The van der Waals surface area contributed by atoms with Gasteiger partial charge in [-0.05, 0) is 30.3 Å². The second kappa shape index (κ2) is 6.25. The summed E-state index contributed by atoms with van der Waals surface area (Å²) in [5, 5.41) is 1.26. The molecule has 2 fully saturated rings. The molecule has 1 amide bonds. The minimum atomic E-state index is -3.04. The van der Waals surface area contributed by atoms with E-state index in [1.54, 1.807) is 0 Å². The molecule has 0 saturated carbocycles. The van der Waals surface area contributed by atoms with Gasteiger partial charge in [0.15, 0.2) is 9.84 Å². The second-order valence-corrected chi connectivity index (χ2v) is 8.27. The first-order valence-electron chi connectivity index (χ1n) is 6.28. The average Bonchev–Trinajstić information content (AvgIpc) is 2.51. The van der Waals surface area contributed by atoms with Gasteiger partial charge in [-0.25, -0.2) is 13.5 Å². The van der Waals surface area contributed by atoms with Gasteiger partial charge in [0.25, 0.3) is 0 Å². The lowest BCUT2D eigenvalue weighted by Crippen LogP contribution is -2.34. The van der Waals surface area contributed by atoms with E-state index in [0.29, 0.717) is 12.3 Å². The fourth-order valence-electron chi connectivity index (χ4n) is 2.16. The van der Waals surface area contributed by atoms with Crippen molar-refractivity contribution in [3.63, 3.8) is 0 Å². The summed E-state index contributed by atoms with van der Waals surface area (Å²) >= 11 is 1.93. The topological polar surface area (TPSA) is 63.7 Å². The van der Waals surface area contributed by atoms with Crippen LogP contribution in [0.3, 0.4) is 0 Å². The quantitative estimate of drug-likeness (QED) is 0.750. The van der Waals surface area contributed by atoms with Crippen LogP contribution < -0.4 is 0 Å². The summed E-state index contributed by atoms with van der Waals surface area (Å²) in [6.07, 6.45) is 2.63. The van der Waals surface area contributed by atoms with Crippen LogP contribution in [0.5, 0.6) is 0 Å². The third kappa shape index (κ3) is 4.13. The highest BCUT2D eigenvalue weighted by Gasteiger charge is 2.26. The molecule has 0 aliphatic carbocycles. The van der Waals surface area contributed by atoms with E-state index < -0.39 is 9.84 Å². The molecular weight excluding hydrogens is 274 g/mol. The molecule has 0 radical (unpaired) electrons. The molecule has 0 unspecified atom stereocenters. The Morgan fingerprint density at radius 3 is 2.72 bits per heavy atom. The summed E-state index contributed by atoms with van der Waals surface area (Å²) in [5.41, 5.74) is 0. The maximum Gasteiger partial charge on any atom is 0.246 e. The summed E-state index contributed by atoms with van der Waals surface area (Å²) in [6, 6.07) is 0. The number of hydrogen-bond donors (Lipinski definition) is 0. The van der Waals surface area contributed by atoms with Crippen LogP contribution in [0, 0.1) is 5.92 Å². The maximum atomic E-state index is 12.0. The molecule has 7 heteroatoms. The number of thioether (sulfide) groups is 1. The summed E-state index contributed by atoms with van der Waals surface area (Å²) in [5.74, 6) is 2.63. The standard InChI is InChI=1S/C11H19NO4S2/c13-11(9-10-1-5-17-6-2-10)12-3-7-18(14,15)8-4-16-12/h10H,1-9H2. The molecule has 0 aromatic heterocycles. The lowest BCUT2D eigenvalue weighted by atomic mass is 9.98. The van der Waals surface area contributed by atoms with E-state index >= 15 is 0 Å². The predicted molar refractivity (Wildman–Crippen MR) is 71.0 cm³/mol. The molecule has 2 aliphatic heterocycles. The molecule has 0 bridgehead atoms. The molecule has 2 heterocycles. The van der Waals surface area contributed by atoms with E-state index in [1.165, 1.54) is 5.06 Å². The third-order valence-electron chi connectivity index (χ3n) is 3.33. The Balaban J connectivity index is 1.84. The van der Waals surface area contributed by atoms with Gasteiger partial charge in [0, 0.05) is 6.42 Å². The van der Waals surface area contributed by atoms with Crippen LogP contribution in [0.1, 0.15) is 19.3 Å². The summed E-state index contributed by atoms with van der Waals surface area (Å²) in [4.78, 5) is 17.3. The van der Waals surface area contributed by atoms with E-state index in [1.807, 2.05) is 11.8 Å². The fourth-order valence-corrected chi connectivity index (χ4v) is 4.34. The molecular formula is C11H19NO4S2. The van der Waals surface area contributed by atoms with Gasteiger partial charge >= 0.3 is 0 Å². The smallest absolute Gasteiger partial charge is 0.246 e. The van der Waals surface area contributed by atoms with Crippen LogP contribution in [0.25, 0.3) is 0 Å². The number of hydroxylamine groups is 2. The third-order valence-corrected chi connectivity index (χ3v) is 5.97. The summed E-state index contributed by atoms with van der Waals surface area (Å²) in [6.45, 7) is 0.261. The number of carbonyl (C=O) groups excluding carboxylic acids is 1. The number of nitrogens with zero attached hydrogens (tertiary/aromatic N) is 1. The van der Waals surface area contributed by atoms with Crippen molar-refractivity contribution in [3.8, 4) is 0 Å². The van der Waals surface area contributed by atoms with Crippen molar-refractivity contribution in [2.45, 2.75) is 19.3 Å². The van der Waals surface area contributed by atoms with E-state index in [0.717, 1.165) is 24.3 Å². The molecule has 0 N–H and O–H groups in total. The normalized spacial score (nSPS) is 25.7. The van der Waals surface area contributed by atoms with E-state index in [9.17, 15) is 13.2 Å². The number of sulfone groups is 1. The zero-order valence-electron chi connectivity index (χ0n) is 10.3. The highest BCUT2D eigenvalue weighted by Crippen LogP contribution is 2.26. The van der Waals surface area contributed by atoms with Gasteiger partial charge in [-0.15, -0.1) is 0 Å². The Morgan fingerprint density at radius 2 is 2.00 bits per heavy atom. The Labute approximate surface area is 112 Å². The molecule has 0 spiro atoms. The lowest BCUT2D eigenvalue weighted by Gasteiger charge is -2.24. The SMILES string of the molecule is O=C(CC1CCSCC1)N1CCS(=O)(=O)CCO1. The molecule has 5 nitrogen and oxygen atoms in total. The maximum absolute atomic E-state index is 12.0.